The maximum atomic E-state index is 0. The summed E-state index contributed by atoms with van der Waals surface area (Å²) in [5, 5.41) is 0. The molecule has 0 aliphatic heterocycles. The third kappa shape index (κ3) is 11.0. The Hall–Kier alpha value is 1.16. The molecule has 0 heterocycles. The van der Waals surface area contributed by atoms with E-state index in [1.807, 2.05) is 0 Å². The topological polar surface area (TPSA) is 0 Å². The van der Waals surface area contributed by atoms with E-state index in [1.54, 1.807) is 0 Å². The van der Waals surface area contributed by atoms with Crippen LogP contribution in [0.15, 0.2) is 0 Å². The van der Waals surface area contributed by atoms with Crippen LogP contribution in [0.25, 0.3) is 0 Å². The summed E-state index contributed by atoms with van der Waals surface area (Å²) in [6, 6.07) is 0. The second-order valence-electron chi connectivity index (χ2n) is 0. The molecule has 0 radical (unpaired) electrons. The van der Waals surface area contributed by atoms with Gasteiger partial charge in [0, 0.05) is 0 Å². The molecular formula is H7AlF2Mg. The van der Waals surface area contributed by atoms with E-state index in [2.05, 4.69) is 0 Å². The maximum Gasteiger partial charge on any atom is 2.00 e. The number of hydrogen-bond acceptors (Lipinski definition) is 0. The Labute approximate surface area is 52.9 Å². The van der Waals surface area contributed by atoms with Gasteiger partial charge in [0.1, 0.15) is 0 Å². The van der Waals surface area contributed by atoms with Crippen molar-refractivity contribution in [2.45, 2.75) is 0 Å². The van der Waals surface area contributed by atoms with Crippen LogP contribution >= 0.6 is 0 Å². The Morgan fingerprint density at radius 3 is 1.00 bits per heavy atom. The van der Waals surface area contributed by atoms with Gasteiger partial charge in [0.05, 0.1) is 0 Å². The molecule has 0 N–H and O–H groups in total. The second kappa shape index (κ2) is 30.9. The zero-order chi connectivity index (χ0) is 0. The zero-order valence-electron chi connectivity index (χ0n) is 3.52. The predicted molar refractivity (Wildman–Crippen MR) is 22.9 cm³/mol. The van der Waals surface area contributed by atoms with Gasteiger partial charge in [-0.25, -0.2) is 0 Å². The van der Waals surface area contributed by atoms with Crippen molar-refractivity contribution >= 4 is 40.4 Å². The van der Waals surface area contributed by atoms with Crippen molar-refractivity contribution in [1.29, 1.82) is 0 Å². The van der Waals surface area contributed by atoms with E-state index in [-0.39, 0.29) is 52.7 Å². The Balaban J connectivity index is 0. The average molecular weight is 96.3 g/mol. The minimum Gasteiger partial charge on any atom is -1.00 e. The standard InChI is InChI=1S/Al.2FH.Mg.5H/h;2*1H;;;;;;/q;;;+2;;;;2*-1. The quantitative estimate of drug-likeness (QED) is 0.338. The van der Waals surface area contributed by atoms with Gasteiger partial charge in [-0.15, -0.1) is 0 Å². The van der Waals surface area contributed by atoms with E-state index in [0.717, 1.165) is 0 Å². The molecule has 0 aromatic heterocycles. The summed E-state index contributed by atoms with van der Waals surface area (Å²) >= 11 is 0. The fourth-order valence-corrected chi connectivity index (χ4v) is 0. The molecule has 0 amide bonds. The van der Waals surface area contributed by atoms with E-state index in [4.69, 9.17) is 0 Å². The molecule has 26 valence electrons. The van der Waals surface area contributed by atoms with Crippen molar-refractivity contribution in [1.82, 2.24) is 0 Å². The van der Waals surface area contributed by atoms with E-state index in [0.29, 0.717) is 0 Å². The van der Waals surface area contributed by atoms with Gasteiger partial charge < -0.3 is 2.85 Å². The molecule has 0 unspecified atom stereocenters. The molecule has 0 atom stereocenters. The van der Waals surface area contributed by atoms with E-state index >= 15 is 0 Å². The molecule has 0 fully saturated rings. The van der Waals surface area contributed by atoms with Gasteiger partial charge in [0.15, 0.2) is 17.4 Å². The van der Waals surface area contributed by atoms with Gasteiger partial charge in [-0.1, -0.05) is 0 Å². The largest absolute Gasteiger partial charge is 2.00 e. The summed E-state index contributed by atoms with van der Waals surface area (Å²) in [4.78, 5) is 0. The molecule has 4 heteroatoms. The molecule has 0 aromatic carbocycles. The number of rotatable bonds is 0. The molecule has 0 saturated heterocycles. The summed E-state index contributed by atoms with van der Waals surface area (Å²) in [5.74, 6) is 0. The van der Waals surface area contributed by atoms with Gasteiger partial charge >= 0.3 is 23.1 Å². The van der Waals surface area contributed by atoms with Crippen LogP contribution < -0.4 is 0 Å². The molecule has 0 aliphatic carbocycles. The van der Waals surface area contributed by atoms with Crippen molar-refractivity contribution in [2.24, 2.45) is 0 Å². The summed E-state index contributed by atoms with van der Waals surface area (Å²) in [6.45, 7) is 0. The Morgan fingerprint density at radius 2 is 1.00 bits per heavy atom. The van der Waals surface area contributed by atoms with Crippen LogP contribution in [-0.2, 0) is 0 Å². The SMILES string of the molecule is F.F.[AlH3].[H-].[H-].[Mg+2]. The van der Waals surface area contributed by atoms with Crippen LogP contribution in [0.4, 0.5) is 9.41 Å². The minimum absolute atomic E-state index is 0. The van der Waals surface area contributed by atoms with E-state index in [9.17, 15) is 0 Å². The average Bonchev–Trinajstić information content (AvgIpc) is 0. The maximum absolute atomic E-state index is 0. The van der Waals surface area contributed by atoms with Gasteiger partial charge in [0.2, 0.25) is 0 Å². The Kier molecular flexibility index (Phi) is 513. The van der Waals surface area contributed by atoms with Gasteiger partial charge in [-0.2, -0.15) is 0 Å². The summed E-state index contributed by atoms with van der Waals surface area (Å²) in [7, 11) is 0. The van der Waals surface area contributed by atoms with Crippen molar-refractivity contribution in [3.63, 3.8) is 0 Å². The van der Waals surface area contributed by atoms with Gasteiger partial charge in [-0.05, 0) is 0 Å². The van der Waals surface area contributed by atoms with E-state index in [1.165, 1.54) is 0 Å². The summed E-state index contributed by atoms with van der Waals surface area (Å²) in [5.41, 5.74) is 0. The van der Waals surface area contributed by atoms with E-state index < -0.39 is 0 Å². The molecule has 0 saturated carbocycles. The summed E-state index contributed by atoms with van der Waals surface area (Å²) < 4.78 is 0. The normalized spacial score (nSPS) is 0. The molecule has 0 rings (SSSR count). The minimum atomic E-state index is 0. The third-order valence-electron chi connectivity index (χ3n) is 0. The first-order valence-corrected chi connectivity index (χ1v) is 0. The molecule has 0 aliphatic rings. The van der Waals surface area contributed by atoms with Crippen LogP contribution in [-0.4, -0.2) is 40.4 Å². The van der Waals surface area contributed by atoms with Crippen LogP contribution in [0.3, 0.4) is 0 Å². The molecule has 0 nitrogen and oxygen atoms in total. The van der Waals surface area contributed by atoms with Crippen LogP contribution in [0.1, 0.15) is 2.85 Å². The molecule has 0 spiro atoms. The van der Waals surface area contributed by atoms with Gasteiger partial charge in [0.25, 0.3) is 0 Å². The number of halogens is 2. The van der Waals surface area contributed by atoms with Crippen molar-refractivity contribution < 1.29 is 12.3 Å². The molecule has 0 bridgehead atoms. The second-order valence-corrected chi connectivity index (χ2v) is 0. The first-order valence-electron chi connectivity index (χ1n) is 0. The first-order chi connectivity index (χ1) is 0. The fraction of sp³-hybridized carbons (Fsp3) is 0. The van der Waals surface area contributed by atoms with Crippen LogP contribution in [0.2, 0.25) is 0 Å². The van der Waals surface area contributed by atoms with Crippen LogP contribution in [0, 0.1) is 0 Å². The van der Waals surface area contributed by atoms with Gasteiger partial charge in [-0.3, -0.25) is 9.41 Å². The molecule has 0 aromatic rings. The zero-order valence-corrected chi connectivity index (χ0v) is 2.94. The number of hydrogen-bond donors (Lipinski definition) is 0. The summed E-state index contributed by atoms with van der Waals surface area (Å²) in [6.07, 6.45) is 0. The van der Waals surface area contributed by atoms with Crippen molar-refractivity contribution in [3.8, 4) is 0 Å². The Bertz CT molecular complexity index is 11.5. The monoisotopic (exact) mass is 96.0 g/mol. The smallest absolute Gasteiger partial charge is 1.00 e. The van der Waals surface area contributed by atoms with Crippen molar-refractivity contribution in [3.05, 3.63) is 0 Å². The first kappa shape index (κ1) is 66.5. The predicted octanol–water partition coefficient (Wildman–Crippen LogP) is -1.03. The van der Waals surface area contributed by atoms with Crippen molar-refractivity contribution in [2.75, 3.05) is 0 Å². The van der Waals surface area contributed by atoms with Crippen LogP contribution in [0.5, 0.6) is 0 Å². The fourth-order valence-electron chi connectivity index (χ4n) is 0. The third-order valence-corrected chi connectivity index (χ3v) is 0. The Morgan fingerprint density at radius 1 is 1.00 bits per heavy atom. The molecular weight excluding hydrogens is 89.3 g/mol. The molecule has 4 heavy (non-hydrogen) atoms.